The lowest BCUT2D eigenvalue weighted by Gasteiger charge is -2.11. The van der Waals surface area contributed by atoms with E-state index < -0.39 is 11.7 Å². The molecule has 0 amide bonds. The summed E-state index contributed by atoms with van der Waals surface area (Å²) < 4.78 is 40.8. The summed E-state index contributed by atoms with van der Waals surface area (Å²) in [5.74, 6) is 1.14. The van der Waals surface area contributed by atoms with Gasteiger partial charge in [0.15, 0.2) is 5.65 Å². The van der Waals surface area contributed by atoms with Crippen LogP contribution in [0.4, 0.5) is 13.2 Å². The van der Waals surface area contributed by atoms with Crippen molar-refractivity contribution in [3.8, 4) is 0 Å². The minimum Gasteiger partial charge on any atom is -0.286 e. The summed E-state index contributed by atoms with van der Waals surface area (Å²) in [5.41, 5.74) is -0.870. The van der Waals surface area contributed by atoms with E-state index in [0.29, 0.717) is 18.2 Å². The Balaban J connectivity index is 2.19. The van der Waals surface area contributed by atoms with Crippen molar-refractivity contribution in [2.45, 2.75) is 25.4 Å². The fraction of sp³-hybridized carbons (Fsp3) is 0.385. The van der Waals surface area contributed by atoms with E-state index >= 15 is 0 Å². The van der Waals surface area contributed by atoms with Crippen LogP contribution in [0.15, 0.2) is 18.8 Å². The standard InChI is InChI=1S/C13H12F3N3/c1-2-9-5-6-19-10(7-8-3-4-8)17-18-12(19)11(9)13(14,15)16/h2,5-6,8H,1,3-4,7H2. The first kappa shape index (κ1) is 12.2. The molecule has 0 saturated heterocycles. The van der Waals surface area contributed by atoms with Crippen LogP contribution in [0.1, 0.15) is 29.8 Å². The minimum atomic E-state index is -4.46. The lowest BCUT2D eigenvalue weighted by molar-refractivity contribution is -0.136. The third kappa shape index (κ3) is 2.11. The number of aromatic nitrogens is 3. The molecule has 2 aromatic rings. The number of alkyl halides is 3. The summed E-state index contributed by atoms with van der Waals surface area (Å²) in [6.07, 6.45) is 1.23. The summed E-state index contributed by atoms with van der Waals surface area (Å²) in [7, 11) is 0. The van der Waals surface area contributed by atoms with Gasteiger partial charge in [-0.1, -0.05) is 12.7 Å². The first-order valence-electron chi connectivity index (χ1n) is 6.07. The smallest absolute Gasteiger partial charge is 0.286 e. The third-order valence-corrected chi connectivity index (χ3v) is 3.35. The van der Waals surface area contributed by atoms with Crippen molar-refractivity contribution in [2.24, 2.45) is 5.92 Å². The highest BCUT2D eigenvalue weighted by Crippen LogP contribution is 2.36. The Morgan fingerprint density at radius 2 is 2.11 bits per heavy atom. The average molecular weight is 267 g/mol. The molecule has 3 nitrogen and oxygen atoms in total. The van der Waals surface area contributed by atoms with Gasteiger partial charge < -0.3 is 0 Å². The van der Waals surface area contributed by atoms with Crippen molar-refractivity contribution in [2.75, 3.05) is 0 Å². The molecule has 1 fully saturated rings. The summed E-state index contributed by atoms with van der Waals surface area (Å²) in [4.78, 5) is 0. The summed E-state index contributed by atoms with van der Waals surface area (Å²) in [6, 6.07) is 1.41. The van der Waals surface area contributed by atoms with Crippen LogP contribution in [0, 0.1) is 5.92 Å². The second-order valence-corrected chi connectivity index (χ2v) is 4.81. The molecule has 3 rings (SSSR count). The Morgan fingerprint density at radius 1 is 1.37 bits per heavy atom. The second kappa shape index (κ2) is 4.08. The highest BCUT2D eigenvalue weighted by molar-refractivity contribution is 5.63. The molecular formula is C13H12F3N3. The molecule has 0 radical (unpaired) electrons. The van der Waals surface area contributed by atoms with Crippen molar-refractivity contribution in [1.82, 2.24) is 14.6 Å². The first-order valence-corrected chi connectivity index (χ1v) is 6.07. The molecule has 0 aromatic carbocycles. The van der Waals surface area contributed by atoms with Gasteiger partial charge in [0.2, 0.25) is 0 Å². The van der Waals surface area contributed by atoms with Gasteiger partial charge in [-0.05, 0) is 30.4 Å². The topological polar surface area (TPSA) is 30.2 Å². The molecule has 0 aliphatic heterocycles. The fourth-order valence-corrected chi connectivity index (χ4v) is 2.20. The molecule has 0 N–H and O–H groups in total. The van der Waals surface area contributed by atoms with Gasteiger partial charge in [-0.15, -0.1) is 10.2 Å². The van der Waals surface area contributed by atoms with E-state index in [-0.39, 0.29) is 11.2 Å². The SMILES string of the molecule is C=Cc1ccn2c(CC3CC3)nnc2c1C(F)(F)F. The monoisotopic (exact) mass is 267 g/mol. The van der Waals surface area contributed by atoms with Gasteiger partial charge >= 0.3 is 6.18 Å². The Morgan fingerprint density at radius 3 is 2.68 bits per heavy atom. The summed E-state index contributed by atoms with van der Waals surface area (Å²) >= 11 is 0. The Labute approximate surface area is 107 Å². The zero-order valence-electron chi connectivity index (χ0n) is 10.1. The van der Waals surface area contributed by atoms with Crippen molar-refractivity contribution in [3.05, 3.63) is 35.8 Å². The van der Waals surface area contributed by atoms with Crippen LogP contribution in [-0.2, 0) is 12.6 Å². The summed E-state index contributed by atoms with van der Waals surface area (Å²) in [6.45, 7) is 3.42. The van der Waals surface area contributed by atoms with E-state index in [4.69, 9.17) is 0 Å². The zero-order chi connectivity index (χ0) is 13.6. The van der Waals surface area contributed by atoms with E-state index in [2.05, 4.69) is 16.8 Å². The normalized spacial score (nSPS) is 15.9. The van der Waals surface area contributed by atoms with Crippen molar-refractivity contribution < 1.29 is 13.2 Å². The highest BCUT2D eigenvalue weighted by atomic mass is 19.4. The van der Waals surface area contributed by atoms with Crippen LogP contribution in [-0.4, -0.2) is 14.6 Å². The molecule has 100 valence electrons. The molecule has 2 heterocycles. The van der Waals surface area contributed by atoms with Crippen LogP contribution < -0.4 is 0 Å². The molecule has 1 aliphatic rings. The van der Waals surface area contributed by atoms with E-state index in [1.54, 1.807) is 6.20 Å². The van der Waals surface area contributed by atoms with Gasteiger partial charge in [0.1, 0.15) is 11.4 Å². The lowest BCUT2D eigenvalue weighted by Crippen LogP contribution is -2.11. The maximum Gasteiger partial charge on any atom is 0.420 e. The van der Waals surface area contributed by atoms with Crippen LogP contribution in [0.25, 0.3) is 11.7 Å². The van der Waals surface area contributed by atoms with Gasteiger partial charge in [0, 0.05) is 12.6 Å². The number of nitrogens with zero attached hydrogens (tertiary/aromatic N) is 3. The molecule has 0 atom stereocenters. The van der Waals surface area contributed by atoms with E-state index in [1.165, 1.54) is 16.5 Å². The minimum absolute atomic E-state index is 0.0328. The van der Waals surface area contributed by atoms with Gasteiger partial charge in [-0.3, -0.25) is 4.40 Å². The van der Waals surface area contributed by atoms with E-state index in [1.807, 2.05) is 0 Å². The van der Waals surface area contributed by atoms with Crippen molar-refractivity contribution >= 4 is 11.7 Å². The fourth-order valence-electron chi connectivity index (χ4n) is 2.20. The van der Waals surface area contributed by atoms with Gasteiger partial charge in [-0.25, -0.2) is 0 Å². The number of pyridine rings is 1. The van der Waals surface area contributed by atoms with Crippen LogP contribution in [0.2, 0.25) is 0 Å². The molecule has 0 spiro atoms. The first-order chi connectivity index (χ1) is 9.00. The van der Waals surface area contributed by atoms with Gasteiger partial charge in [-0.2, -0.15) is 13.2 Å². The second-order valence-electron chi connectivity index (χ2n) is 4.81. The van der Waals surface area contributed by atoms with Gasteiger partial charge in [0.05, 0.1) is 0 Å². The number of rotatable bonds is 3. The molecule has 0 unspecified atom stereocenters. The predicted molar refractivity (Wildman–Crippen MR) is 64.5 cm³/mol. The summed E-state index contributed by atoms with van der Waals surface area (Å²) in [5, 5.41) is 7.62. The number of hydrogen-bond donors (Lipinski definition) is 0. The van der Waals surface area contributed by atoms with Crippen LogP contribution in [0.3, 0.4) is 0 Å². The molecule has 0 bridgehead atoms. The lowest BCUT2D eigenvalue weighted by atomic mass is 10.1. The van der Waals surface area contributed by atoms with Crippen molar-refractivity contribution in [3.63, 3.8) is 0 Å². The third-order valence-electron chi connectivity index (χ3n) is 3.35. The average Bonchev–Trinajstić information content (AvgIpc) is 3.07. The van der Waals surface area contributed by atoms with Crippen molar-refractivity contribution in [1.29, 1.82) is 0 Å². The van der Waals surface area contributed by atoms with E-state index in [0.717, 1.165) is 12.8 Å². The molecule has 6 heteroatoms. The number of halogens is 3. The molecule has 19 heavy (non-hydrogen) atoms. The van der Waals surface area contributed by atoms with E-state index in [9.17, 15) is 13.2 Å². The largest absolute Gasteiger partial charge is 0.420 e. The molecular weight excluding hydrogens is 255 g/mol. The number of fused-ring (bicyclic) bond motifs is 1. The Kier molecular flexibility index (Phi) is 2.62. The van der Waals surface area contributed by atoms with Crippen LogP contribution >= 0.6 is 0 Å². The van der Waals surface area contributed by atoms with Crippen LogP contribution in [0.5, 0.6) is 0 Å². The predicted octanol–water partition coefficient (Wildman–Crippen LogP) is 3.34. The number of hydrogen-bond acceptors (Lipinski definition) is 2. The Hall–Kier alpha value is -1.85. The molecule has 1 aliphatic carbocycles. The highest BCUT2D eigenvalue weighted by Gasteiger charge is 2.37. The Bertz CT molecular complexity index is 638. The maximum absolute atomic E-state index is 13.1. The van der Waals surface area contributed by atoms with Gasteiger partial charge in [0.25, 0.3) is 0 Å². The zero-order valence-corrected chi connectivity index (χ0v) is 10.1. The quantitative estimate of drug-likeness (QED) is 0.853. The molecule has 1 saturated carbocycles. The maximum atomic E-state index is 13.1. The molecule has 2 aromatic heterocycles.